The molecule has 1 saturated heterocycles. The van der Waals surface area contributed by atoms with E-state index in [9.17, 15) is 5.11 Å². The molecule has 0 bridgehead atoms. The molecule has 0 unspecified atom stereocenters. The van der Waals surface area contributed by atoms with Crippen molar-refractivity contribution in [2.24, 2.45) is 0 Å². The van der Waals surface area contributed by atoms with E-state index in [4.69, 9.17) is 11.0 Å². The summed E-state index contributed by atoms with van der Waals surface area (Å²) in [5.74, 6) is 0. The van der Waals surface area contributed by atoms with Crippen LogP contribution in [0.15, 0.2) is 18.2 Å². The second-order valence-electron chi connectivity index (χ2n) is 4.87. The van der Waals surface area contributed by atoms with Gasteiger partial charge in [0.15, 0.2) is 0 Å². The molecule has 3 N–H and O–H groups in total. The predicted molar refractivity (Wildman–Crippen MR) is 67.6 cm³/mol. The van der Waals surface area contributed by atoms with E-state index in [1.165, 1.54) is 0 Å². The smallest absolute Gasteiger partial charge is 0.101 e. The van der Waals surface area contributed by atoms with E-state index in [1.807, 2.05) is 19.1 Å². The molecule has 0 atom stereocenters. The fourth-order valence-corrected chi connectivity index (χ4v) is 2.15. The topological polar surface area (TPSA) is 73.3 Å². The van der Waals surface area contributed by atoms with Gasteiger partial charge in [0.2, 0.25) is 0 Å². The number of nitrogens with two attached hydrogens (primary N) is 1. The molecule has 1 aromatic rings. The minimum absolute atomic E-state index is 0.572. The Labute approximate surface area is 101 Å². The van der Waals surface area contributed by atoms with Crippen LogP contribution < -0.4 is 10.6 Å². The molecule has 1 fully saturated rings. The van der Waals surface area contributed by atoms with Gasteiger partial charge in [-0.1, -0.05) is 0 Å². The third-order valence-corrected chi connectivity index (χ3v) is 3.32. The average Bonchev–Trinajstić information content (AvgIpc) is 2.29. The molecule has 4 nitrogen and oxygen atoms in total. The number of hydrogen-bond acceptors (Lipinski definition) is 4. The van der Waals surface area contributed by atoms with Crippen molar-refractivity contribution in [1.29, 1.82) is 5.26 Å². The normalized spacial score (nSPS) is 18.8. The Bertz CT molecular complexity index is 452. The summed E-state index contributed by atoms with van der Waals surface area (Å²) < 4.78 is 0. The zero-order valence-electron chi connectivity index (χ0n) is 9.98. The van der Waals surface area contributed by atoms with E-state index in [-0.39, 0.29) is 0 Å². The van der Waals surface area contributed by atoms with Gasteiger partial charge in [-0.15, -0.1) is 0 Å². The number of aliphatic hydroxyl groups is 1. The Morgan fingerprint density at radius 3 is 2.65 bits per heavy atom. The van der Waals surface area contributed by atoms with Crippen LogP contribution in [-0.4, -0.2) is 23.8 Å². The molecule has 0 aliphatic carbocycles. The Kier molecular flexibility index (Phi) is 2.95. The third kappa shape index (κ3) is 2.51. The fraction of sp³-hybridized carbons (Fsp3) is 0.462. The molecular formula is C13H17N3O. The SMILES string of the molecule is CC1(O)CCN(c2ccc(N)cc2C#N)CC1. The number of anilines is 2. The first-order valence-corrected chi connectivity index (χ1v) is 5.79. The van der Waals surface area contributed by atoms with Gasteiger partial charge < -0.3 is 15.7 Å². The zero-order chi connectivity index (χ0) is 12.5. The summed E-state index contributed by atoms with van der Waals surface area (Å²) in [7, 11) is 0. The summed E-state index contributed by atoms with van der Waals surface area (Å²) >= 11 is 0. The number of rotatable bonds is 1. The molecular weight excluding hydrogens is 214 g/mol. The van der Waals surface area contributed by atoms with Crippen LogP contribution in [-0.2, 0) is 0 Å². The van der Waals surface area contributed by atoms with Gasteiger partial charge in [0, 0.05) is 18.8 Å². The number of nitrogen functional groups attached to an aromatic ring is 1. The fourth-order valence-electron chi connectivity index (χ4n) is 2.15. The van der Waals surface area contributed by atoms with Gasteiger partial charge in [-0.05, 0) is 38.0 Å². The summed E-state index contributed by atoms with van der Waals surface area (Å²) in [4.78, 5) is 2.13. The monoisotopic (exact) mass is 231 g/mol. The van der Waals surface area contributed by atoms with Crippen LogP contribution in [0.1, 0.15) is 25.3 Å². The first kappa shape index (κ1) is 11.7. The van der Waals surface area contributed by atoms with Crippen molar-refractivity contribution < 1.29 is 5.11 Å². The van der Waals surface area contributed by atoms with E-state index in [0.717, 1.165) is 31.6 Å². The van der Waals surface area contributed by atoms with Crippen LogP contribution >= 0.6 is 0 Å². The van der Waals surface area contributed by atoms with Gasteiger partial charge in [-0.2, -0.15) is 5.26 Å². The molecule has 1 aliphatic heterocycles. The molecule has 1 heterocycles. The first-order chi connectivity index (χ1) is 8.02. The Morgan fingerprint density at radius 1 is 1.41 bits per heavy atom. The molecule has 90 valence electrons. The minimum atomic E-state index is -0.572. The Morgan fingerprint density at radius 2 is 2.06 bits per heavy atom. The molecule has 4 heteroatoms. The predicted octanol–water partition coefficient (Wildman–Crippen LogP) is 1.49. The molecule has 0 aromatic heterocycles. The highest BCUT2D eigenvalue weighted by Crippen LogP contribution is 2.28. The number of nitriles is 1. The molecule has 0 spiro atoms. The lowest BCUT2D eigenvalue weighted by Crippen LogP contribution is -2.42. The lowest BCUT2D eigenvalue weighted by Gasteiger charge is -2.37. The maximum absolute atomic E-state index is 9.90. The quantitative estimate of drug-likeness (QED) is 0.718. The van der Waals surface area contributed by atoms with Gasteiger partial charge in [-0.25, -0.2) is 0 Å². The Hall–Kier alpha value is -1.73. The molecule has 0 saturated carbocycles. The van der Waals surface area contributed by atoms with E-state index in [0.29, 0.717) is 11.3 Å². The number of benzene rings is 1. The van der Waals surface area contributed by atoms with E-state index < -0.39 is 5.60 Å². The van der Waals surface area contributed by atoms with E-state index in [2.05, 4.69) is 11.0 Å². The van der Waals surface area contributed by atoms with Gasteiger partial charge in [0.05, 0.1) is 16.9 Å². The third-order valence-electron chi connectivity index (χ3n) is 3.32. The number of hydrogen-bond donors (Lipinski definition) is 2. The standard InChI is InChI=1S/C13H17N3O/c1-13(17)4-6-16(7-5-13)12-3-2-11(15)8-10(12)9-14/h2-3,8,17H,4-7,15H2,1H3. The maximum atomic E-state index is 9.90. The summed E-state index contributed by atoms with van der Waals surface area (Å²) in [6.45, 7) is 3.40. The molecule has 0 radical (unpaired) electrons. The van der Waals surface area contributed by atoms with Crippen LogP contribution in [0.5, 0.6) is 0 Å². The van der Waals surface area contributed by atoms with E-state index >= 15 is 0 Å². The number of piperidine rings is 1. The molecule has 17 heavy (non-hydrogen) atoms. The first-order valence-electron chi connectivity index (χ1n) is 5.79. The Balaban J connectivity index is 2.22. The van der Waals surface area contributed by atoms with Crippen molar-refractivity contribution in [2.45, 2.75) is 25.4 Å². The van der Waals surface area contributed by atoms with Crippen LogP contribution in [0.4, 0.5) is 11.4 Å². The highest BCUT2D eigenvalue weighted by atomic mass is 16.3. The minimum Gasteiger partial charge on any atom is -0.399 e. The van der Waals surface area contributed by atoms with Crippen molar-refractivity contribution in [3.63, 3.8) is 0 Å². The molecule has 1 aliphatic rings. The average molecular weight is 231 g/mol. The summed E-state index contributed by atoms with van der Waals surface area (Å²) in [6, 6.07) is 7.56. The van der Waals surface area contributed by atoms with Crippen molar-refractivity contribution in [3.8, 4) is 6.07 Å². The van der Waals surface area contributed by atoms with Crippen molar-refractivity contribution in [1.82, 2.24) is 0 Å². The summed E-state index contributed by atoms with van der Waals surface area (Å²) in [5.41, 5.74) is 7.22. The van der Waals surface area contributed by atoms with Crippen LogP contribution in [0.3, 0.4) is 0 Å². The van der Waals surface area contributed by atoms with Crippen molar-refractivity contribution in [2.75, 3.05) is 23.7 Å². The second kappa shape index (κ2) is 4.27. The van der Waals surface area contributed by atoms with Gasteiger partial charge in [0.1, 0.15) is 6.07 Å². The van der Waals surface area contributed by atoms with Crippen LogP contribution in [0, 0.1) is 11.3 Å². The largest absolute Gasteiger partial charge is 0.399 e. The van der Waals surface area contributed by atoms with Crippen molar-refractivity contribution in [3.05, 3.63) is 23.8 Å². The zero-order valence-corrected chi connectivity index (χ0v) is 9.98. The van der Waals surface area contributed by atoms with Gasteiger partial charge in [-0.3, -0.25) is 0 Å². The molecule has 0 amide bonds. The van der Waals surface area contributed by atoms with Gasteiger partial charge >= 0.3 is 0 Å². The lowest BCUT2D eigenvalue weighted by atomic mass is 9.93. The van der Waals surface area contributed by atoms with Gasteiger partial charge in [0.25, 0.3) is 0 Å². The summed E-state index contributed by atoms with van der Waals surface area (Å²) in [6.07, 6.45) is 1.45. The molecule has 1 aromatic carbocycles. The van der Waals surface area contributed by atoms with E-state index in [1.54, 1.807) is 6.07 Å². The lowest BCUT2D eigenvalue weighted by molar-refractivity contribution is 0.0351. The maximum Gasteiger partial charge on any atom is 0.101 e. The van der Waals surface area contributed by atoms with Crippen LogP contribution in [0.25, 0.3) is 0 Å². The van der Waals surface area contributed by atoms with Crippen molar-refractivity contribution >= 4 is 11.4 Å². The van der Waals surface area contributed by atoms with Crippen LogP contribution in [0.2, 0.25) is 0 Å². The number of nitrogens with zero attached hydrogens (tertiary/aromatic N) is 2. The second-order valence-corrected chi connectivity index (χ2v) is 4.87. The molecule has 2 rings (SSSR count). The highest BCUT2D eigenvalue weighted by molar-refractivity contribution is 5.64. The summed E-state index contributed by atoms with van der Waals surface area (Å²) in [5, 5.41) is 19.0. The highest BCUT2D eigenvalue weighted by Gasteiger charge is 2.28.